The quantitative estimate of drug-likeness (QED) is 0.603. The van der Waals surface area contributed by atoms with E-state index in [0.717, 1.165) is 0 Å². The minimum Gasteiger partial charge on any atom is -0.456 e. The molecule has 1 aromatic heterocycles. The molecular formula is C19H13NO3S2. The number of rotatable bonds is 5. The SMILES string of the molecule is N#CC(=Cc1sccc1Oc1ccccc1)S(=O)(=O)c1ccccc1. The van der Waals surface area contributed by atoms with Crippen LogP contribution in [0, 0.1) is 11.3 Å². The van der Waals surface area contributed by atoms with E-state index >= 15 is 0 Å². The third-order valence-corrected chi connectivity index (χ3v) is 5.87. The van der Waals surface area contributed by atoms with Gasteiger partial charge >= 0.3 is 0 Å². The number of para-hydroxylation sites is 1. The largest absolute Gasteiger partial charge is 0.456 e. The summed E-state index contributed by atoms with van der Waals surface area (Å²) in [5, 5.41) is 11.2. The van der Waals surface area contributed by atoms with Gasteiger partial charge in [-0.2, -0.15) is 5.26 Å². The van der Waals surface area contributed by atoms with Crippen LogP contribution in [0.1, 0.15) is 4.88 Å². The highest BCUT2D eigenvalue weighted by molar-refractivity contribution is 7.95. The molecule has 0 atom stereocenters. The van der Waals surface area contributed by atoms with E-state index in [4.69, 9.17) is 4.74 Å². The molecule has 25 heavy (non-hydrogen) atoms. The van der Waals surface area contributed by atoms with E-state index in [1.807, 2.05) is 18.2 Å². The number of nitrogens with zero attached hydrogens (tertiary/aromatic N) is 1. The molecule has 3 rings (SSSR count). The molecule has 0 fully saturated rings. The van der Waals surface area contributed by atoms with Gasteiger partial charge in [-0.1, -0.05) is 36.4 Å². The van der Waals surface area contributed by atoms with E-state index in [-0.39, 0.29) is 9.80 Å². The van der Waals surface area contributed by atoms with Crippen LogP contribution in [-0.2, 0) is 9.84 Å². The summed E-state index contributed by atoms with van der Waals surface area (Å²) in [7, 11) is -3.87. The van der Waals surface area contributed by atoms with Crippen molar-refractivity contribution >= 4 is 27.3 Å². The molecule has 0 radical (unpaired) electrons. The van der Waals surface area contributed by atoms with Gasteiger partial charge in [-0.25, -0.2) is 8.42 Å². The summed E-state index contributed by atoms with van der Waals surface area (Å²) in [5.41, 5.74) is 0. The van der Waals surface area contributed by atoms with Crippen LogP contribution in [0.25, 0.3) is 6.08 Å². The highest BCUT2D eigenvalue weighted by atomic mass is 32.2. The second kappa shape index (κ2) is 7.34. The first-order valence-electron chi connectivity index (χ1n) is 7.33. The standard InChI is InChI=1S/C19H13NO3S2/c20-14-17(25(21,22)16-9-5-2-6-10-16)13-19-18(11-12-24-19)23-15-7-3-1-4-8-15/h1-13H. The van der Waals surface area contributed by atoms with Crippen LogP contribution in [0.4, 0.5) is 0 Å². The van der Waals surface area contributed by atoms with Crippen molar-refractivity contribution in [1.29, 1.82) is 5.26 Å². The second-order valence-corrected chi connectivity index (χ2v) is 7.87. The first-order valence-corrected chi connectivity index (χ1v) is 9.70. The molecule has 124 valence electrons. The molecule has 0 saturated heterocycles. The van der Waals surface area contributed by atoms with Gasteiger partial charge in [0, 0.05) is 0 Å². The van der Waals surface area contributed by atoms with Crippen molar-refractivity contribution in [2.45, 2.75) is 4.90 Å². The second-order valence-electron chi connectivity index (χ2n) is 5.00. The van der Waals surface area contributed by atoms with Gasteiger partial charge in [0.2, 0.25) is 9.84 Å². The van der Waals surface area contributed by atoms with E-state index in [1.165, 1.54) is 29.5 Å². The summed E-state index contributed by atoms with van der Waals surface area (Å²) in [6.45, 7) is 0. The summed E-state index contributed by atoms with van der Waals surface area (Å²) in [6, 6.07) is 20.6. The minimum atomic E-state index is -3.87. The third-order valence-electron chi connectivity index (χ3n) is 3.34. The molecule has 0 bridgehead atoms. The molecule has 0 spiro atoms. The maximum Gasteiger partial charge on any atom is 0.216 e. The van der Waals surface area contributed by atoms with Crippen LogP contribution >= 0.6 is 11.3 Å². The Morgan fingerprint density at radius 3 is 2.28 bits per heavy atom. The lowest BCUT2D eigenvalue weighted by atomic mass is 10.3. The normalized spacial score (nSPS) is 11.7. The van der Waals surface area contributed by atoms with Crippen LogP contribution in [0.3, 0.4) is 0 Å². The van der Waals surface area contributed by atoms with Crippen molar-refractivity contribution < 1.29 is 13.2 Å². The third kappa shape index (κ3) is 3.79. The molecule has 0 amide bonds. The van der Waals surface area contributed by atoms with Crippen molar-refractivity contribution in [2.75, 3.05) is 0 Å². The maximum atomic E-state index is 12.6. The molecule has 0 aliphatic carbocycles. The Bertz CT molecular complexity index is 1030. The lowest BCUT2D eigenvalue weighted by Gasteiger charge is -2.05. The Morgan fingerprint density at radius 2 is 1.64 bits per heavy atom. The number of nitriles is 1. The van der Waals surface area contributed by atoms with Gasteiger partial charge in [0.25, 0.3) is 0 Å². The summed E-state index contributed by atoms with van der Waals surface area (Å²) in [4.78, 5) is 0.337. The highest BCUT2D eigenvalue weighted by Gasteiger charge is 2.21. The first kappa shape index (κ1) is 17.0. The van der Waals surface area contributed by atoms with E-state index in [2.05, 4.69) is 0 Å². The van der Waals surface area contributed by atoms with Gasteiger partial charge in [-0.3, -0.25) is 0 Å². The summed E-state index contributed by atoms with van der Waals surface area (Å²) in [5.74, 6) is 1.15. The molecule has 3 aromatic rings. The van der Waals surface area contributed by atoms with Crippen molar-refractivity contribution in [1.82, 2.24) is 0 Å². The predicted molar refractivity (Wildman–Crippen MR) is 98.1 cm³/mol. The highest BCUT2D eigenvalue weighted by Crippen LogP contribution is 2.33. The van der Waals surface area contributed by atoms with Crippen LogP contribution in [0.15, 0.2) is 81.9 Å². The number of hydrogen-bond acceptors (Lipinski definition) is 5. The maximum absolute atomic E-state index is 12.6. The zero-order chi connectivity index (χ0) is 17.7. The van der Waals surface area contributed by atoms with Crippen LogP contribution in [0.5, 0.6) is 11.5 Å². The average Bonchev–Trinajstić information content (AvgIpc) is 3.08. The zero-order valence-corrected chi connectivity index (χ0v) is 14.6. The number of allylic oxidation sites excluding steroid dienone is 1. The molecule has 0 saturated carbocycles. The van der Waals surface area contributed by atoms with Gasteiger partial charge < -0.3 is 4.74 Å². The van der Waals surface area contributed by atoms with E-state index in [9.17, 15) is 13.7 Å². The Hall–Kier alpha value is -2.88. The van der Waals surface area contributed by atoms with Crippen molar-refractivity contribution in [3.8, 4) is 17.6 Å². The fourth-order valence-electron chi connectivity index (χ4n) is 2.13. The van der Waals surface area contributed by atoms with Gasteiger partial charge in [0.1, 0.15) is 17.6 Å². The summed E-state index contributed by atoms with van der Waals surface area (Å²) < 4.78 is 31.0. The molecule has 4 nitrogen and oxygen atoms in total. The predicted octanol–water partition coefficient (Wildman–Crippen LogP) is 4.88. The lowest BCUT2D eigenvalue weighted by molar-refractivity contribution is 0.484. The van der Waals surface area contributed by atoms with Crippen molar-refractivity contribution in [3.05, 3.63) is 81.9 Å². The Labute approximate surface area is 150 Å². The molecule has 0 aliphatic heterocycles. The van der Waals surface area contributed by atoms with Crippen LogP contribution in [0.2, 0.25) is 0 Å². The summed E-state index contributed by atoms with van der Waals surface area (Å²) >= 11 is 1.31. The van der Waals surface area contributed by atoms with Gasteiger partial charge in [0.15, 0.2) is 4.91 Å². The number of benzene rings is 2. The topological polar surface area (TPSA) is 67.2 Å². The van der Waals surface area contributed by atoms with Gasteiger partial charge in [0.05, 0.1) is 9.77 Å². The Balaban J connectivity index is 1.97. The molecule has 0 unspecified atom stereocenters. The number of ether oxygens (including phenoxy) is 1. The lowest BCUT2D eigenvalue weighted by Crippen LogP contribution is -2.03. The fraction of sp³-hybridized carbons (Fsp3) is 0. The molecule has 6 heteroatoms. The van der Waals surface area contributed by atoms with E-state index in [0.29, 0.717) is 16.4 Å². The zero-order valence-electron chi connectivity index (χ0n) is 13.0. The molecule has 2 aromatic carbocycles. The van der Waals surface area contributed by atoms with E-state index < -0.39 is 9.84 Å². The molecule has 1 heterocycles. The van der Waals surface area contributed by atoms with E-state index in [1.54, 1.807) is 47.8 Å². The Kier molecular flexibility index (Phi) is 4.98. The number of hydrogen-bond donors (Lipinski definition) is 0. The smallest absolute Gasteiger partial charge is 0.216 e. The van der Waals surface area contributed by atoms with Gasteiger partial charge in [-0.05, 0) is 41.8 Å². The fourth-order valence-corrected chi connectivity index (χ4v) is 4.12. The molecule has 0 N–H and O–H groups in total. The monoisotopic (exact) mass is 367 g/mol. The van der Waals surface area contributed by atoms with Crippen molar-refractivity contribution in [3.63, 3.8) is 0 Å². The number of sulfone groups is 1. The van der Waals surface area contributed by atoms with Gasteiger partial charge in [-0.15, -0.1) is 11.3 Å². The number of thiophene rings is 1. The van der Waals surface area contributed by atoms with Crippen LogP contribution < -0.4 is 4.74 Å². The van der Waals surface area contributed by atoms with Crippen LogP contribution in [-0.4, -0.2) is 8.42 Å². The average molecular weight is 367 g/mol. The first-order chi connectivity index (χ1) is 12.1. The Morgan fingerprint density at radius 1 is 1.00 bits per heavy atom. The minimum absolute atomic E-state index is 0.0879. The molecular weight excluding hydrogens is 354 g/mol. The molecule has 0 aliphatic rings. The summed E-state index contributed by atoms with van der Waals surface area (Å²) in [6.07, 6.45) is 1.35. The van der Waals surface area contributed by atoms with Crippen molar-refractivity contribution in [2.24, 2.45) is 0 Å².